The van der Waals surface area contributed by atoms with Gasteiger partial charge in [-0.05, 0) is 59.7 Å². The van der Waals surface area contributed by atoms with Crippen molar-refractivity contribution in [3.63, 3.8) is 0 Å². The van der Waals surface area contributed by atoms with Crippen molar-refractivity contribution in [3.05, 3.63) is 146 Å². The molecule has 0 aliphatic heterocycles. The third-order valence-electron chi connectivity index (χ3n) is 8.31. The van der Waals surface area contributed by atoms with E-state index in [2.05, 4.69) is 60.7 Å². The van der Waals surface area contributed by atoms with Gasteiger partial charge in [0.15, 0.2) is 5.82 Å². The van der Waals surface area contributed by atoms with Gasteiger partial charge in [0.05, 0.1) is 11.4 Å². The molecule has 0 fully saturated rings. The Bertz CT molecular complexity index is 2430. The molecule has 6 aromatic carbocycles. The minimum absolute atomic E-state index is 0.693. The van der Waals surface area contributed by atoms with Crippen LogP contribution < -0.4 is 0 Å². The molecule has 9 rings (SSSR count). The van der Waals surface area contributed by atoms with Crippen LogP contribution in [0.25, 0.3) is 88.9 Å². The molecule has 4 heteroatoms. The molecule has 0 spiro atoms. The summed E-state index contributed by atoms with van der Waals surface area (Å²) in [5.74, 6) is 0.693. The number of hydrogen-bond acceptors (Lipinski definition) is 4. The molecule has 0 N–H and O–H groups in total. The van der Waals surface area contributed by atoms with Gasteiger partial charge in [-0.1, -0.05) is 97.1 Å². The van der Waals surface area contributed by atoms with E-state index in [1.54, 1.807) is 0 Å². The summed E-state index contributed by atoms with van der Waals surface area (Å²) in [4.78, 5) is 10.0. The molecule has 0 amide bonds. The third kappa shape index (κ3) is 4.00. The molecule has 44 heavy (non-hydrogen) atoms. The molecule has 0 bridgehead atoms. The van der Waals surface area contributed by atoms with Gasteiger partial charge >= 0.3 is 0 Å². The number of benzene rings is 6. The van der Waals surface area contributed by atoms with E-state index in [1.807, 2.05) is 84.9 Å². The van der Waals surface area contributed by atoms with Crippen molar-refractivity contribution in [1.29, 1.82) is 0 Å². The number of aromatic nitrogens is 2. The van der Waals surface area contributed by atoms with Crippen LogP contribution in [0.4, 0.5) is 0 Å². The first-order valence-electron chi connectivity index (χ1n) is 14.7. The van der Waals surface area contributed by atoms with Gasteiger partial charge in [0.25, 0.3) is 0 Å². The highest BCUT2D eigenvalue weighted by molar-refractivity contribution is 6.14. The van der Waals surface area contributed by atoms with Gasteiger partial charge in [-0.3, -0.25) is 0 Å². The summed E-state index contributed by atoms with van der Waals surface area (Å²) in [5.41, 5.74) is 10.4. The van der Waals surface area contributed by atoms with E-state index < -0.39 is 0 Å². The van der Waals surface area contributed by atoms with Crippen LogP contribution >= 0.6 is 0 Å². The molecule has 0 radical (unpaired) electrons. The maximum absolute atomic E-state index is 6.37. The highest BCUT2D eigenvalue weighted by Gasteiger charge is 2.17. The smallest absolute Gasteiger partial charge is 0.160 e. The van der Waals surface area contributed by atoms with Crippen LogP contribution in [0.5, 0.6) is 0 Å². The van der Waals surface area contributed by atoms with Crippen molar-refractivity contribution in [2.75, 3.05) is 0 Å². The molecule has 3 heterocycles. The van der Waals surface area contributed by atoms with Crippen LogP contribution in [0.3, 0.4) is 0 Å². The normalized spacial score (nSPS) is 11.6. The first-order valence-corrected chi connectivity index (χ1v) is 14.7. The van der Waals surface area contributed by atoms with Crippen LogP contribution in [0, 0.1) is 0 Å². The third-order valence-corrected chi connectivity index (χ3v) is 8.31. The number of para-hydroxylation sites is 1. The molecular formula is C40H24N2O2. The first-order chi connectivity index (χ1) is 21.8. The van der Waals surface area contributed by atoms with Crippen LogP contribution in [0.1, 0.15) is 0 Å². The highest BCUT2D eigenvalue weighted by atomic mass is 16.3. The van der Waals surface area contributed by atoms with Gasteiger partial charge in [-0.2, -0.15) is 0 Å². The van der Waals surface area contributed by atoms with Gasteiger partial charge in [0.2, 0.25) is 0 Å². The molecule has 0 aliphatic carbocycles. The van der Waals surface area contributed by atoms with Crippen molar-refractivity contribution in [2.24, 2.45) is 0 Å². The summed E-state index contributed by atoms with van der Waals surface area (Å²) in [6.07, 6.45) is 0. The van der Waals surface area contributed by atoms with Crippen LogP contribution in [0.15, 0.2) is 154 Å². The molecule has 4 nitrogen and oxygen atoms in total. The summed E-state index contributed by atoms with van der Waals surface area (Å²) >= 11 is 0. The van der Waals surface area contributed by atoms with Gasteiger partial charge in [-0.25, -0.2) is 9.97 Å². The zero-order chi connectivity index (χ0) is 29.0. The van der Waals surface area contributed by atoms with Crippen LogP contribution in [-0.4, -0.2) is 9.97 Å². The Kier molecular flexibility index (Phi) is 5.47. The number of hydrogen-bond donors (Lipinski definition) is 0. The Morgan fingerprint density at radius 2 is 1.00 bits per heavy atom. The molecule has 0 saturated carbocycles. The molecule has 206 valence electrons. The maximum Gasteiger partial charge on any atom is 0.160 e. The zero-order valence-corrected chi connectivity index (χ0v) is 23.6. The molecule has 0 unspecified atom stereocenters. The Morgan fingerprint density at radius 1 is 0.364 bits per heavy atom. The van der Waals surface area contributed by atoms with E-state index in [9.17, 15) is 0 Å². The van der Waals surface area contributed by atoms with E-state index >= 15 is 0 Å². The van der Waals surface area contributed by atoms with Crippen molar-refractivity contribution < 1.29 is 8.83 Å². The molecule has 0 atom stereocenters. The van der Waals surface area contributed by atoms with E-state index in [1.165, 1.54) is 0 Å². The van der Waals surface area contributed by atoms with E-state index in [4.69, 9.17) is 18.8 Å². The van der Waals surface area contributed by atoms with Crippen molar-refractivity contribution >= 4 is 43.9 Å². The molecular weight excluding hydrogens is 540 g/mol. The van der Waals surface area contributed by atoms with Gasteiger partial charge in [0, 0.05) is 38.2 Å². The average Bonchev–Trinajstić information content (AvgIpc) is 3.66. The number of furan rings is 2. The van der Waals surface area contributed by atoms with E-state index in [0.717, 1.165) is 83.1 Å². The number of fused-ring (bicyclic) bond motifs is 6. The van der Waals surface area contributed by atoms with Gasteiger partial charge < -0.3 is 8.83 Å². The Balaban J connectivity index is 1.24. The predicted molar refractivity (Wildman–Crippen MR) is 178 cm³/mol. The maximum atomic E-state index is 6.37. The largest absolute Gasteiger partial charge is 0.456 e. The molecule has 0 aliphatic rings. The van der Waals surface area contributed by atoms with E-state index in [-0.39, 0.29) is 0 Å². The van der Waals surface area contributed by atoms with Crippen LogP contribution in [0.2, 0.25) is 0 Å². The van der Waals surface area contributed by atoms with Crippen LogP contribution in [-0.2, 0) is 0 Å². The first kappa shape index (κ1) is 24.6. The second kappa shape index (κ2) is 9.79. The Hall–Kier alpha value is -6.00. The standard InChI is InChI=1S/C40H24N2O2/c1-3-10-25(11-4-1)33-24-34(42-40(41-33)26-12-5-2-6-13-26)28-19-21-36-32(22-28)39-29(15-9-17-37(39)43-36)27-18-20-31-30-14-7-8-16-35(30)44-38(31)23-27/h1-24H. The Labute approximate surface area is 252 Å². The number of nitrogens with zero attached hydrogens (tertiary/aromatic N) is 2. The van der Waals surface area contributed by atoms with Crippen molar-refractivity contribution in [1.82, 2.24) is 9.97 Å². The average molecular weight is 565 g/mol. The van der Waals surface area contributed by atoms with Gasteiger partial charge in [0.1, 0.15) is 22.3 Å². The summed E-state index contributed by atoms with van der Waals surface area (Å²) in [5, 5.41) is 4.35. The zero-order valence-electron chi connectivity index (χ0n) is 23.6. The lowest BCUT2D eigenvalue weighted by Gasteiger charge is -2.10. The fourth-order valence-electron chi connectivity index (χ4n) is 6.19. The minimum Gasteiger partial charge on any atom is -0.456 e. The van der Waals surface area contributed by atoms with Gasteiger partial charge in [-0.15, -0.1) is 0 Å². The highest BCUT2D eigenvalue weighted by Crippen LogP contribution is 2.40. The molecule has 0 saturated heterocycles. The molecule has 9 aromatic rings. The number of rotatable bonds is 4. The second-order valence-corrected chi connectivity index (χ2v) is 11.0. The fraction of sp³-hybridized carbons (Fsp3) is 0. The second-order valence-electron chi connectivity index (χ2n) is 11.0. The Morgan fingerprint density at radius 3 is 1.84 bits per heavy atom. The topological polar surface area (TPSA) is 52.1 Å². The molecule has 3 aromatic heterocycles. The summed E-state index contributed by atoms with van der Waals surface area (Å²) in [7, 11) is 0. The van der Waals surface area contributed by atoms with E-state index in [0.29, 0.717) is 5.82 Å². The lowest BCUT2D eigenvalue weighted by molar-refractivity contribution is 0.668. The van der Waals surface area contributed by atoms with Crippen molar-refractivity contribution in [2.45, 2.75) is 0 Å². The van der Waals surface area contributed by atoms with Crippen molar-refractivity contribution in [3.8, 4) is 45.0 Å². The summed E-state index contributed by atoms with van der Waals surface area (Å²) in [6, 6.07) is 49.6. The quantitative estimate of drug-likeness (QED) is 0.213. The minimum atomic E-state index is 0.693. The lowest BCUT2D eigenvalue weighted by Crippen LogP contribution is -1.95. The summed E-state index contributed by atoms with van der Waals surface area (Å²) in [6.45, 7) is 0. The lowest BCUT2D eigenvalue weighted by atomic mass is 9.97. The SMILES string of the molecule is c1ccc(-c2cc(-c3ccc4oc5cccc(-c6ccc7c(c6)oc6ccccc67)c5c4c3)nc(-c3ccccc3)n2)cc1. The summed E-state index contributed by atoms with van der Waals surface area (Å²) < 4.78 is 12.6. The predicted octanol–water partition coefficient (Wildman–Crippen LogP) is 10.9. The monoisotopic (exact) mass is 564 g/mol. The fourth-order valence-corrected chi connectivity index (χ4v) is 6.19.